The molecule has 1 fully saturated rings. The highest BCUT2D eigenvalue weighted by Crippen LogP contribution is 2.33. The van der Waals surface area contributed by atoms with Gasteiger partial charge in [0.1, 0.15) is 5.82 Å². The van der Waals surface area contributed by atoms with Gasteiger partial charge in [0.15, 0.2) is 5.82 Å². The first-order chi connectivity index (χ1) is 11.6. The topological polar surface area (TPSA) is 76.3 Å². The first kappa shape index (κ1) is 17.8. The van der Waals surface area contributed by atoms with Crippen LogP contribution in [-0.4, -0.2) is 36.0 Å². The number of sulfonamides is 1. The number of aromatic nitrogens is 2. The van der Waals surface area contributed by atoms with Crippen molar-refractivity contribution in [2.45, 2.75) is 30.3 Å². The lowest BCUT2D eigenvalue weighted by molar-refractivity contribution is -0.159. The quantitative estimate of drug-likeness (QED) is 0.767. The summed E-state index contributed by atoms with van der Waals surface area (Å²) in [7, 11) is -3.89. The molecule has 1 atom stereocenters. The predicted octanol–water partition coefficient (Wildman–Crippen LogP) is 2.71. The summed E-state index contributed by atoms with van der Waals surface area (Å²) in [6, 6.07) is 3.32. The Morgan fingerprint density at radius 3 is 2.64 bits per heavy atom. The molecule has 136 valence electrons. The van der Waals surface area contributed by atoms with Gasteiger partial charge in [-0.3, -0.25) is 0 Å². The first-order valence-corrected chi connectivity index (χ1v) is 8.70. The Bertz CT molecular complexity index is 895. The molecule has 0 amide bonds. The monoisotopic (exact) mass is 379 g/mol. The van der Waals surface area contributed by atoms with E-state index in [1.165, 1.54) is 13.0 Å². The zero-order chi connectivity index (χ0) is 18.4. The summed E-state index contributed by atoms with van der Waals surface area (Å²) in [6.07, 6.45) is -4.49. The van der Waals surface area contributed by atoms with E-state index in [0.717, 1.165) is 16.4 Å². The number of rotatable bonds is 3. The van der Waals surface area contributed by atoms with Gasteiger partial charge in [-0.2, -0.15) is 22.5 Å². The molecule has 1 saturated heterocycles. The van der Waals surface area contributed by atoms with Gasteiger partial charge >= 0.3 is 12.1 Å². The fraction of sp³-hybridized carbons (Fsp3) is 0.429. The number of aryl methyl sites for hydroxylation is 1. The Balaban J connectivity index is 1.81. The lowest BCUT2D eigenvalue weighted by Crippen LogP contribution is -2.29. The van der Waals surface area contributed by atoms with Gasteiger partial charge in [0.2, 0.25) is 10.0 Å². The molecular weight excluding hydrogens is 366 g/mol. The van der Waals surface area contributed by atoms with E-state index in [0.29, 0.717) is 0 Å². The number of halogens is 4. The maximum atomic E-state index is 13.2. The van der Waals surface area contributed by atoms with E-state index in [4.69, 9.17) is 0 Å². The molecule has 1 aromatic heterocycles. The van der Waals surface area contributed by atoms with Crippen molar-refractivity contribution in [2.75, 3.05) is 13.1 Å². The zero-order valence-corrected chi connectivity index (χ0v) is 13.7. The Hall–Kier alpha value is -2.01. The maximum absolute atomic E-state index is 13.2. The standard InChI is InChI=1S/C14H13F4N3O3S/c1-8-6-10(15)2-3-11(8)25(22,23)21-5-4-9(7-21)12-19-13(24-20-12)14(16,17)18/h2-3,6,9H,4-5,7H2,1H3/t9-/m1/s1. The smallest absolute Gasteiger partial charge is 0.329 e. The molecule has 0 bridgehead atoms. The van der Waals surface area contributed by atoms with Crippen LogP contribution in [0, 0.1) is 12.7 Å². The summed E-state index contributed by atoms with van der Waals surface area (Å²) in [5.41, 5.74) is 0.252. The molecule has 6 nitrogen and oxygen atoms in total. The van der Waals surface area contributed by atoms with E-state index in [2.05, 4.69) is 14.7 Å². The van der Waals surface area contributed by atoms with E-state index in [-0.39, 0.29) is 35.8 Å². The SMILES string of the molecule is Cc1cc(F)ccc1S(=O)(=O)N1CC[C@@H](c2noc(C(F)(F)F)n2)C1. The molecular formula is C14H13F4N3O3S. The second-order valence-corrected chi connectivity index (χ2v) is 7.62. The van der Waals surface area contributed by atoms with Crippen LogP contribution >= 0.6 is 0 Å². The molecule has 0 saturated carbocycles. The van der Waals surface area contributed by atoms with Crippen molar-refractivity contribution < 1.29 is 30.5 Å². The number of alkyl halides is 3. The summed E-state index contributed by atoms with van der Waals surface area (Å²) in [5, 5.41) is 3.31. The van der Waals surface area contributed by atoms with Crippen molar-refractivity contribution in [1.29, 1.82) is 0 Å². The van der Waals surface area contributed by atoms with Crippen molar-refractivity contribution in [3.8, 4) is 0 Å². The minimum absolute atomic E-state index is 0.0429. The van der Waals surface area contributed by atoms with Crippen LogP contribution in [0.1, 0.15) is 29.6 Å². The average Bonchev–Trinajstić information content (AvgIpc) is 3.15. The predicted molar refractivity (Wildman–Crippen MR) is 76.6 cm³/mol. The van der Waals surface area contributed by atoms with Crippen LogP contribution in [0.25, 0.3) is 0 Å². The van der Waals surface area contributed by atoms with Crippen LogP contribution in [0.15, 0.2) is 27.6 Å². The van der Waals surface area contributed by atoms with Gasteiger partial charge in [-0.15, -0.1) is 0 Å². The van der Waals surface area contributed by atoms with Gasteiger partial charge in [0, 0.05) is 19.0 Å². The minimum atomic E-state index is -4.75. The number of nitrogens with zero attached hydrogens (tertiary/aromatic N) is 3. The van der Waals surface area contributed by atoms with Gasteiger partial charge in [-0.1, -0.05) is 5.16 Å². The van der Waals surface area contributed by atoms with E-state index >= 15 is 0 Å². The molecule has 0 aliphatic carbocycles. The number of hydrogen-bond acceptors (Lipinski definition) is 5. The van der Waals surface area contributed by atoms with Crippen LogP contribution in [0.3, 0.4) is 0 Å². The highest BCUT2D eigenvalue weighted by molar-refractivity contribution is 7.89. The highest BCUT2D eigenvalue weighted by Gasteiger charge is 2.41. The zero-order valence-electron chi connectivity index (χ0n) is 12.9. The van der Waals surface area contributed by atoms with Crippen molar-refractivity contribution in [1.82, 2.24) is 14.4 Å². The van der Waals surface area contributed by atoms with E-state index < -0.39 is 33.8 Å². The van der Waals surface area contributed by atoms with Gasteiger partial charge in [-0.05, 0) is 37.1 Å². The molecule has 25 heavy (non-hydrogen) atoms. The molecule has 2 aromatic rings. The fourth-order valence-corrected chi connectivity index (χ4v) is 4.42. The van der Waals surface area contributed by atoms with Crippen molar-refractivity contribution in [3.05, 3.63) is 41.3 Å². The lowest BCUT2D eigenvalue weighted by Gasteiger charge is -2.17. The third kappa shape index (κ3) is 3.38. The first-order valence-electron chi connectivity index (χ1n) is 7.26. The molecule has 0 N–H and O–H groups in total. The van der Waals surface area contributed by atoms with E-state index in [1.54, 1.807) is 0 Å². The van der Waals surface area contributed by atoms with Crippen molar-refractivity contribution in [2.24, 2.45) is 0 Å². The Morgan fingerprint density at radius 1 is 1.32 bits per heavy atom. The average molecular weight is 379 g/mol. The van der Waals surface area contributed by atoms with Crippen LogP contribution in [0.2, 0.25) is 0 Å². The third-order valence-corrected chi connectivity index (χ3v) is 5.98. The molecule has 0 radical (unpaired) electrons. The van der Waals surface area contributed by atoms with Gasteiger partial charge in [0.05, 0.1) is 4.90 Å². The molecule has 11 heteroatoms. The number of benzene rings is 1. The van der Waals surface area contributed by atoms with Crippen molar-refractivity contribution in [3.63, 3.8) is 0 Å². The second kappa shape index (κ2) is 6.06. The summed E-state index contributed by atoms with van der Waals surface area (Å²) in [4.78, 5) is 3.27. The van der Waals surface area contributed by atoms with Crippen molar-refractivity contribution >= 4 is 10.0 Å². The molecule has 1 aliphatic heterocycles. The van der Waals surface area contributed by atoms with Crippen LogP contribution in [-0.2, 0) is 16.2 Å². The fourth-order valence-electron chi connectivity index (χ4n) is 2.71. The lowest BCUT2D eigenvalue weighted by atomic mass is 10.1. The minimum Gasteiger partial charge on any atom is -0.329 e. The second-order valence-electron chi connectivity index (χ2n) is 5.71. The summed E-state index contributed by atoms with van der Waals surface area (Å²) < 4.78 is 81.4. The van der Waals surface area contributed by atoms with Crippen LogP contribution < -0.4 is 0 Å². The highest BCUT2D eigenvalue weighted by atomic mass is 32.2. The molecule has 1 aromatic carbocycles. The molecule has 3 rings (SSSR count). The maximum Gasteiger partial charge on any atom is 0.471 e. The van der Waals surface area contributed by atoms with Gasteiger partial charge < -0.3 is 4.52 Å². The van der Waals surface area contributed by atoms with Gasteiger partial charge in [-0.25, -0.2) is 12.8 Å². The van der Waals surface area contributed by atoms with E-state index in [1.807, 2.05) is 0 Å². The largest absolute Gasteiger partial charge is 0.471 e. The molecule has 0 spiro atoms. The summed E-state index contributed by atoms with van der Waals surface area (Å²) >= 11 is 0. The van der Waals surface area contributed by atoms with Gasteiger partial charge in [0.25, 0.3) is 0 Å². The normalized spacial score (nSPS) is 19.5. The molecule has 2 heterocycles. The Labute approximate surface area is 140 Å². The summed E-state index contributed by atoms with van der Waals surface area (Å²) in [5.74, 6) is -2.79. The number of hydrogen-bond donors (Lipinski definition) is 0. The third-order valence-electron chi connectivity index (χ3n) is 3.96. The molecule has 0 unspecified atom stereocenters. The molecule has 1 aliphatic rings. The van der Waals surface area contributed by atoms with Crippen LogP contribution in [0.4, 0.5) is 17.6 Å². The van der Waals surface area contributed by atoms with Crippen LogP contribution in [0.5, 0.6) is 0 Å². The van der Waals surface area contributed by atoms with E-state index in [9.17, 15) is 26.0 Å². The Kier molecular flexibility index (Phi) is 4.31. The summed E-state index contributed by atoms with van der Waals surface area (Å²) in [6.45, 7) is 1.49. The Morgan fingerprint density at radius 2 is 2.04 bits per heavy atom.